The smallest absolute Gasteiger partial charge is 0.345 e. The highest BCUT2D eigenvalue weighted by Gasteiger charge is 2.21. The van der Waals surface area contributed by atoms with Gasteiger partial charge in [-0.3, -0.25) is 4.79 Å². The highest BCUT2D eigenvalue weighted by Crippen LogP contribution is 2.16. The quantitative estimate of drug-likeness (QED) is 0.0414. The molecule has 0 aliphatic heterocycles. The topological polar surface area (TPSA) is 63.6 Å². The molecule has 0 spiro atoms. The molecule has 46 heavy (non-hydrogen) atoms. The molecule has 0 aliphatic carbocycles. The highest BCUT2D eigenvalue weighted by molar-refractivity contribution is 5.77. The molecule has 1 unspecified atom stereocenters. The zero-order valence-corrected chi connectivity index (χ0v) is 30.9. The van der Waals surface area contributed by atoms with Gasteiger partial charge in [0.2, 0.25) is 0 Å². The van der Waals surface area contributed by atoms with Crippen molar-refractivity contribution >= 4 is 11.9 Å². The summed E-state index contributed by atoms with van der Waals surface area (Å²) in [6.45, 7) is 4.52. The minimum Gasteiger partial charge on any atom is -0.479 e. The molecule has 1 N–H and O–H groups in total. The summed E-state index contributed by atoms with van der Waals surface area (Å²) in [5.41, 5.74) is 0. The van der Waals surface area contributed by atoms with E-state index >= 15 is 0 Å². The van der Waals surface area contributed by atoms with Crippen LogP contribution in [-0.2, 0) is 14.3 Å². The van der Waals surface area contributed by atoms with Crippen molar-refractivity contribution in [3.63, 3.8) is 0 Å². The average Bonchev–Trinajstić information content (AvgIpc) is 3.05. The van der Waals surface area contributed by atoms with E-state index in [4.69, 9.17) is 4.74 Å². The van der Waals surface area contributed by atoms with Gasteiger partial charge in [-0.05, 0) is 51.4 Å². The number of carbonyl (C=O) groups is 2. The summed E-state index contributed by atoms with van der Waals surface area (Å²) in [4.78, 5) is 23.8. The molecule has 0 fully saturated rings. The molecule has 4 nitrogen and oxygen atoms in total. The third kappa shape index (κ3) is 35.3. The number of carboxylic acid groups (broad SMARTS) is 1. The first kappa shape index (κ1) is 44.4. The number of carboxylic acids is 1. The molecule has 270 valence electrons. The second-order valence-corrected chi connectivity index (χ2v) is 13.8. The van der Waals surface area contributed by atoms with Crippen LogP contribution in [0.3, 0.4) is 0 Å². The van der Waals surface area contributed by atoms with E-state index in [1.165, 1.54) is 148 Å². The Hall–Kier alpha value is -1.58. The van der Waals surface area contributed by atoms with E-state index in [0.717, 1.165) is 51.4 Å². The minimum atomic E-state index is -1.01. The molecule has 0 heterocycles. The largest absolute Gasteiger partial charge is 0.479 e. The number of esters is 1. The Labute approximate surface area is 287 Å². The number of ether oxygens (including phenoxy) is 1. The molecule has 0 aromatic carbocycles. The summed E-state index contributed by atoms with van der Waals surface area (Å²) in [6, 6.07) is 0. The predicted octanol–water partition coefficient (Wildman–Crippen LogP) is 14.0. The SMILES string of the molecule is CCCCC/C=C\C/C=C\CCCCCCCC(=O)OC(CCCCCCCCCCCCCCCCCCCCCC)C(=O)O. The molecule has 0 rings (SSSR count). The summed E-state index contributed by atoms with van der Waals surface area (Å²) in [5, 5.41) is 9.50. The minimum absolute atomic E-state index is 0.327. The lowest BCUT2D eigenvalue weighted by Gasteiger charge is -2.13. The standard InChI is InChI=1S/C42H78O4/c1-3-5-7-9-11-13-15-17-19-20-21-22-23-25-26-28-30-32-34-36-38-40(42(44)45)46-41(43)39-37-35-33-31-29-27-24-18-16-14-12-10-8-6-4-2/h12,14,18,24,40H,3-11,13,15-17,19-23,25-39H2,1-2H3,(H,44,45)/b14-12-,24-18-. The molecule has 0 saturated heterocycles. The molecule has 0 radical (unpaired) electrons. The maximum atomic E-state index is 12.2. The molecular formula is C42H78O4. The predicted molar refractivity (Wildman–Crippen MR) is 200 cm³/mol. The van der Waals surface area contributed by atoms with Crippen molar-refractivity contribution in [2.24, 2.45) is 0 Å². The molecule has 0 saturated carbocycles. The number of carbonyl (C=O) groups excluding carboxylic acids is 1. The average molecular weight is 647 g/mol. The summed E-state index contributed by atoms with van der Waals surface area (Å²) >= 11 is 0. The molecule has 0 amide bonds. The Bertz CT molecular complexity index is 698. The fourth-order valence-electron chi connectivity index (χ4n) is 6.12. The van der Waals surface area contributed by atoms with Crippen LogP contribution in [-0.4, -0.2) is 23.1 Å². The van der Waals surface area contributed by atoms with Gasteiger partial charge in [0.15, 0.2) is 6.10 Å². The summed E-state index contributed by atoms with van der Waals surface area (Å²) in [5.74, 6) is -1.36. The lowest BCUT2D eigenvalue weighted by atomic mass is 10.0. The van der Waals surface area contributed by atoms with Crippen molar-refractivity contribution in [3.8, 4) is 0 Å². The first-order valence-corrected chi connectivity index (χ1v) is 20.3. The maximum absolute atomic E-state index is 12.2. The lowest BCUT2D eigenvalue weighted by Crippen LogP contribution is -2.27. The third-order valence-electron chi connectivity index (χ3n) is 9.20. The van der Waals surface area contributed by atoms with Gasteiger partial charge in [0.25, 0.3) is 0 Å². The Kier molecular flexibility index (Phi) is 36.6. The van der Waals surface area contributed by atoms with Gasteiger partial charge in [-0.25, -0.2) is 4.79 Å². The van der Waals surface area contributed by atoms with Crippen LogP contribution in [0, 0.1) is 0 Å². The number of allylic oxidation sites excluding steroid dienone is 4. The van der Waals surface area contributed by atoms with E-state index in [-0.39, 0.29) is 5.97 Å². The molecular weight excluding hydrogens is 568 g/mol. The molecule has 0 aromatic heterocycles. The number of unbranched alkanes of at least 4 members (excludes halogenated alkanes) is 27. The van der Waals surface area contributed by atoms with Crippen LogP contribution in [0.4, 0.5) is 0 Å². The Morgan fingerprint density at radius 1 is 0.478 bits per heavy atom. The Balaban J connectivity index is 3.53. The zero-order valence-electron chi connectivity index (χ0n) is 30.9. The number of hydrogen-bond donors (Lipinski definition) is 1. The van der Waals surface area contributed by atoms with Gasteiger partial charge < -0.3 is 9.84 Å². The second kappa shape index (κ2) is 37.9. The number of rotatable bonds is 37. The maximum Gasteiger partial charge on any atom is 0.345 e. The van der Waals surface area contributed by atoms with Gasteiger partial charge in [0.05, 0.1) is 0 Å². The Morgan fingerprint density at radius 3 is 1.26 bits per heavy atom. The van der Waals surface area contributed by atoms with Crippen molar-refractivity contribution in [3.05, 3.63) is 24.3 Å². The van der Waals surface area contributed by atoms with Crippen LogP contribution >= 0.6 is 0 Å². The first-order chi connectivity index (χ1) is 22.6. The fraction of sp³-hybridized carbons (Fsp3) is 0.857. The molecule has 0 bridgehead atoms. The van der Waals surface area contributed by atoms with Crippen LogP contribution in [0.15, 0.2) is 24.3 Å². The van der Waals surface area contributed by atoms with Crippen molar-refractivity contribution in [1.29, 1.82) is 0 Å². The highest BCUT2D eigenvalue weighted by atomic mass is 16.6. The van der Waals surface area contributed by atoms with Gasteiger partial charge in [-0.15, -0.1) is 0 Å². The third-order valence-corrected chi connectivity index (χ3v) is 9.20. The normalized spacial score (nSPS) is 12.4. The van der Waals surface area contributed by atoms with E-state index in [9.17, 15) is 14.7 Å². The lowest BCUT2D eigenvalue weighted by molar-refractivity contribution is -0.164. The van der Waals surface area contributed by atoms with E-state index in [2.05, 4.69) is 38.2 Å². The van der Waals surface area contributed by atoms with Gasteiger partial charge in [-0.1, -0.05) is 192 Å². The van der Waals surface area contributed by atoms with Crippen LogP contribution in [0.25, 0.3) is 0 Å². The van der Waals surface area contributed by atoms with E-state index < -0.39 is 12.1 Å². The number of aliphatic carboxylic acids is 1. The zero-order chi connectivity index (χ0) is 33.6. The molecule has 0 aliphatic rings. The van der Waals surface area contributed by atoms with Crippen LogP contribution in [0.2, 0.25) is 0 Å². The summed E-state index contributed by atoms with van der Waals surface area (Å²) in [7, 11) is 0. The molecule has 4 heteroatoms. The van der Waals surface area contributed by atoms with Gasteiger partial charge >= 0.3 is 11.9 Å². The van der Waals surface area contributed by atoms with Crippen molar-refractivity contribution in [2.75, 3.05) is 0 Å². The Morgan fingerprint density at radius 2 is 0.826 bits per heavy atom. The number of hydrogen-bond acceptors (Lipinski definition) is 3. The van der Waals surface area contributed by atoms with E-state index in [1.54, 1.807) is 0 Å². The van der Waals surface area contributed by atoms with Crippen LogP contribution in [0.5, 0.6) is 0 Å². The van der Waals surface area contributed by atoms with Gasteiger partial charge in [0, 0.05) is 6.42 Å². The molecule has 1 atom stereocenters. The second-order valence-electron chi connectivity index (χ2n) is 13.8. The van der Waals surface area contributed by atoms with E-state index in [1.807, 2.05) is 0 Å². The van der Waals surface area contributed by atoms with Crippen LogP contribution in [0.1, 0.15) is 226 Å². The fourth-order valence-corrected chi connectivity index (χ4v) is 6.12. The van der Waals surface area contributed by atoms with Crippen molar-refractivity contribution in [1.82, 2.24) is 0 Å². The van der Waals surface area contributed by atoms with Gasteiger partial charge in [-0.2, -0.15) is 0 Å². The van der Waals surface area contributed by atoms with E-state index in [0.29, 0.717) is 12.8 Å². The molecule has 0 aromatic rings. The van der Waals surface area contributed by atoms with Crippen molar-refractivity contribution < 1.29 is 19.4 Å². The monoisotopic (exact) mass is 647 g/mol. The van der Waals surface area contributed by atoms with Crippen molar-refractivity contribution in [2.45, 2.75) is 232 Å². The van der Waals surface area contributed by atoms with Gasteiger partial charge in [0.1, 0.15) is 0 Å². The first-order valence-electron chi connectivity index (χ1n) is 20.3. The summed E-state index contributed by atoms with van der Waals surface area (Å²) < 4.78 is 5.32. The van der Waals surface area contributed by atoms with Crippen LogP contribution < -0.4 is 0 Å². The summed E-state index contributed by atoms with van der Waals surface area (Å²) in [6.07, 6.45) is 47.9.